The second-order valence-corrected chi connectivity index (χ2v) is 7.53. The number of aromatic nitrogens is 2. The fraction of sp³-hybridized carbons (Fsp3) is 0.462. The van der Waals surface area contributed by atoms with Crippen molar-refractivity contribution in [3.8, 4) is 0 Å². The van der Waals surface area contributed by atoms with Crippen LogP contribution in [0.1, 0.15) is 6.42 Å². The highest BCUT2D eigenvalue weighted by Gasteiger charge is 2.15. The number of fused-ring (bicyclic) bond motifs is 1. The first kappa shape index (κ1) is 15.2. The van der Waals surface area contributed by atoms with Crippen LogP contribution in [-0.4, -0.2) is 49.8 Å². The molecule has 2 rings (SSSR count). The number of hydrogen-bond donors (Lipinski definition) is 1. The normalized spacial score (nSPS) is 12.4. The molecule has 0 bridgehead atoms. The summed E-state index contributed by atoms with van der Waals surface area (Å²) in [5.41, 5.74) is 1.45. The van der Waals surface area contributed by atoms with E-state index in [4.69, 9.17) is 12.2 Å². The molecule has 1 heterocycles. The van der Waals surface area contributed by atoms with Gasteiger partial charge in [0.05, 0.1) is 15.9 Å². The molecule has 1 N–H and O–H groups in total. The first-order valence-corrected chi connectivity index (χ1v) is 8.67. The number of benzene rings is 1. The fourth-order valence-corrected chi connectivity index (χ4v) is 3.37. The molecule has 0 unspecified atom stereocenters. The van der Waals surface area contributed by atoms with Crippen molar-refractivity contribution in [2.45, 2.75) is 17.9 Å². The van der Waals surface area contributed by atoms with Crippen molar-refractivity contribution >= 4 is 33.1 Å². The fourth-order valence-electron chi connectivity index (χ4n) is 2.23. The number of rotatable bonds is 5. The Morgan fingerprint density at radius 2 is 2.05 bits per heavy atom. The van der Waals surface area contributed by atoms with Gasteiger partial charge in [0.15, 0.2) is 14.6 Å². The van der Waals surface area contributed by atoms with Gasteiger partial charge in [0.1, 0.15) is 0 Å². The predicted molar refractivity (Wildman–Crippen MR) is 83.4 cm³/mol. The lowest BCUT2D eigenvalue weighted by atomic mass is 10.3. The number of imidazole rings is 1. The summed E-state index contributed by atoms with van der Waals surface area (Å²) in [7, 11) is 0.782. The van der Waals surface area contributed by atoms with Crippen molar-refractivity contribution in [2.75, 3.05) is 26.9 Å². The molecule has 0 fully saturated rings. The Hall–Kier alpha value is -1.18. The summed E-state index contributed by atoms with van der Waals surface area (Å²) >= 11 is 5.31. The van der Waals surface area contributed by atoms with Crippen LogP contribution in [-0.2, 0) is 16.4 Å². The number of sulfone groups is 1. The first-order chi connectivity index (χ1) is 9.30. The lowest BCUT2D eigenvalue weighted by Crippen LogP contribution is -2.15. The van der Waals surface area contributed by atoms with Gasteiger partial charge in [-0.2, -0.15) is 0 Å². The quantitative estimate of drug-likeness (QED) is 0.858. The molecule has 0 aliphatic heterocycles. The van der Waals surface area contributed by atoms with E-state index < -0.39 is 9.84 Å². The highest BCUT2D eigenvalue weighted by molar-refractivity contribution is 7.91. The maximum atomic E-state index is 11.8. The molecule has 1 aromatic carbocycles. The molecule has 2 aromatic rings. The van der Waals surface area contributed by atoms with Gasteiger partial charge in [0.25, 0.3) is 0 Å². The minimum atomic E-state index is -3.27. The van der Waals surface area contributed by atoms with Gasteiger partial charge in [-0.05, 0) is 51.4 Å². The molecule has 20 heavy (non-hydrogen) atoms. The van der Waals surface area contributed by atoms with E-state index in [1.807, 2.05) is 24.7 Å². The minimum absolute atomic E-state index is 0.299. The van der Waals surface area contributed by atoms with Crippen molar-refractivity contribution in [3.63, 3.8) is 0 Å². The lowest BCUT2D eigenvalue weighted by Gasteiger charge is -2.10. The van der Waals surface area contributed by atoms with Crippen LogP contribution in [0.15, 0.2) is 23.1 Å². The summed E-state index contributed by atoms with van der Waals surface area (Å²) in [6, 6.07) is 5.25. The first-order valence-electron chi connectivity index (χ1n) is 6.37. The molecule has 0 amide bonds. The Bertz CT molecular complexity index is 773. The van der Waals surface area contributed by atoms with E-state index in [1.54, 1.807) is 12.1 Å². The van der Waals surface area contributed by atoms with Gasteiger partial charge < -0.3 is 14.5 Å². The monoisotopic (exact) mass is 313 g/mol. The van der Waals surface area contributed by atoms with Crippen molar-refractivity contribution in [2.24, 2.45) is 0 Å². The van der Waals surface area contributed by atoms with Gasteiger partial charge >= 0.3 is 0 Å². The van der Waals surface area contributed by atoms with Crippen molar-refractivity contribution < 1.29 is 8.42 Å². The molecule has 0 radical (unpaired) electrons. The van der Waals surface area contributed by atoms with E-state index in [0.717, 1.165) is 25.0 Å². The van der Waals surface area contributed by atoms with E-state index >= 15 is 0 Å². The number of aromatic amines is 1. The maximum Gasteiger partial charge on any atom is 0.178 e. The maximum absolute atomic E-state index is 11.8. The van der Waals surface area contributed by atoms with Crippen molar-refractivity contribution in [1.82, 2.24) is 14.5 Å². The Balaban J connectivity index is 2.48. The number of nitrogens with zero attached hydrogens (tertiary/aromatic N) is 2. The zero-order valence-electron chi connectivity index (χ0n) is 11.9. The van der Waals surface area contributed by atoms with E-state index in [9.17, 15) is 8.42 Å². The Labute approximate surface area is 124 Å². The molecule has 0 atom stereocenters. The summed E-state index contributed by atoms with van der Waals surface area (Å²) in [5.74, 6) is 0. The van der Waals surface area contributed by atoms with Crippen LogP contribution in [0.2, 0.25) is 0 Å². The molecule has 0 aliphatic rings. The van der Waals surface area contributed by atoms with E-state index in [0.29, 0.717) is 15.2 Å². The van der Waals surface area contributed by atoms with Gasteiger partial charge in [-0.1, -0.05) is 6.07 Å². The number of aryl methyl sites for hydroxylation is 1. The average Bonchev–Trinajstić information content (AvgIpc) is 2.64. The molecular weight excluding hydrogens is 294 g/mol. The zero-order chi connectivity index (χ0) is 14.9. The van der Waals surface area contributed by atoms with Crippen LogP contribution in [0.3, 0.4) is 0 Å². The summed E-state index contributed by atoms with van der Waals surface area (Å²) in [5, 5.41) is 0. The molecule has 0 saturated carbocycles. The summed E-state index contributed by atoms with van der Waals surface area (Å²) < 4.78 is 26.1. The SMILES string of the molecule is CN(C)CCCn1c(=S)[nH]c2c(S(C)(=O)=O)cccc21. The third-order valence-electron chi connectivity index (χ3n) is 3.16. The molecule has 1 aromatic heterocycles. The van der Waals surface area contributed by atoms with Gasteiger partial charge in [0.2, 0.25) is 0 Å². The van der Waals surface area contributed by atoms with Crippen LogP contribution in [0.5, 0.6) is 0 Å². The van der Waals surface area contributed by atoms with Gasteiger partial charge in [-0.15, -0.1) is 0 Å². The molecule has 0 aliphatic carbocycles. The summed E-state index contributed by atoms with van der Waals surface area (Å²) in [6.07, 6.45) is 2.17. The number of para-hydroxylation sites is 1. The molecule has 5 nitrogen and oxygen atoms in total. The molecule has 110 valence electrons. The van der Waals surface area contributed by atoms with Crippen LogP contribution >= 0.6 is 12.2 Å². The Morgan fingerprint density at radius 1 is 1.35 bits per heavy atom. The average molecular weight is 313 g/mol. The van der Waals surface area contributed by atoms with Crippen molar-refractivity contribution in [3.05, 3.63) is 23.0 Å². The number of nitrogens with one attached hydrogen (secondary N) is 1. The number of H-pyrrole nitrogens is 1. The third-order valence-corrected chi connectivity index (χ3v) is 4.62. The topological polar surface area (TPSA) is 58.1 Å². The minimum Gasteiger partial charge on any atom is -0.329 e. The van der Waals surface area contributed by atoms with Crippen molar-refractivity contribution in [1.29, 1.82) is 0 Å². The molecule has 0 saturated heterocycles. The summed E-state index contributed by atoms with van der Waals surface area (Å²) in [6.45, 7) is 1.73. The summed E-state index contributed by atoms with van der Waals surface area (Å²) in [4.78, 5) is 5.44. The zero-order valence-corrected chi connectivity index (χ0v) is 13.5. The lowest BCUT2D eigenvalue weighted by molar-refractivity contribution is 0.387. The predicted octanol–water partition coefficient (Wildman–Crippen LogP) is 2.05. The van der Waals surface area contributed by atoms with Crippen LogP contribution in [0.25, 0.3) is 11.0 Å². The van der Waals surface area contributed by atoms with Crippen LogP contribution in [0, 0.1) is 4.77 Å². The Kier molecular flexibility index (Phi) is 4.31. The van der Waals surface area contributed by atoms with Gasteiger partial charge in [-0.25, -0.2) is 8.42 Å². The molecular formula is C13H19N3O2S2. The largest absolute Gasteiger partial charge is 0.329 e. The van der Waals surface area contributed by atoms with Crippen LogP contribution in [0.4, 0.5) is 0 Å². The smallest absolute Gasteiger partial charge is 0.178 e. The van der Waals surface area contributed by atoms with Gasteiger partial charge in [-0.3, -0.25) is 0 Å². The van der Waals surface area contributed by atoms with E-state index in [2.05, 4.69) is 9.88 Å². The second-order valence-electron chi connectivity index (χ2n) is 5.16. The van der Waals surface area contributed by atoms with E-state index in [-0.39, 0.29) is 0 Å². The Morgan fingerprint density at radius 3 is 2.65 bits per heavy atom. The highest BCUT2D eigenvalue weighted by atomic mass is 32.2. The second kappa shape index (κ2) is 5.67. The van der Waals surface area contributed by atoms with Gasteiger partial charge in [0, 0.05) is 12.8 Å². The van der Waals surface area contributed by atoms with E-state index in [1.165, 1.54) is 6.26 Å². The standard InChI is InChI=1S/C13H19N3O2S2/c1-15(2)8-5-9-16-10-6-4-7-11(20(3,17)18)12(10)14-13(16)19/h4,6-7H,5,8-9H2,1-3H3,(H,14,19). The molecule has 0 spiro atoms. The number of hydrogen-bond acceptors (Lipinski definition) is 4. The third kappa shape index (κ3) is 3.11. The highest BCUT2D eigenvalue weighted by Crippen LogP contribution is 2.22. The van der Waals surface area contributed by atoms with Crippen LogP contribution < -0.4 is 0 Å². The molecule has 7 heteroatoms.